The number of carbonyl (C=O) groups is 3. The average Bonchev–Trinajstić information content (AvgIpc) is 3.31. The fraction of sp³-hybridized carbons (Fsp3) is 0.400. The van der Waals surface area contributed by atoms with Crippen LogP contribution in [0.25, 0.3) is 0 Å². The fourth-order valence-corrected chi connectivity index (χ4v) is 4.92. The van der Waals surface area contributed by atoms with Crippen molar-refractivity contribution in [1.82, 2.24) is 9.80 Å². The van der Waals surface area contributed by atoms with Gasteiger partial charge in [-0.1, -0.05) is 18.2 Å². The molecule has 3 atom stereocenters. The number of carbonyl (C=O) groups excluding carboxylic acids is 3. The van der Waals surface area contributed by atoms with E-state index in [1.807, 2.05) is 6.07 Å². The molecular weight excluding hydrogens is 440 g/mol. The van der Waals surface area contributed by atoms with Gasteiger partial charge in [0.05, 0.1) is 38.0 Å². The highest BCUT2D eigenvalue weighted by atomic mass is 16.7. The molecule has 0 bridgehead atoms. The molecule has 3 aliphatic heterocycles. The quantitative estimate of drug-likeness (QED) is 0.476. The van der Waals surface area contributed by atoms with Crippen molar-refractivity contribution in [2.75, 3.05) is 20.8 Å². The maximum Gasteiger partial charge on any atom is 0.262 e. The van der Waals surface area contributed by atoms with E-state index in [1.54, 1.807) is 69.4 Å². The average molecular weight is 466 g/mol. The van der Waals surface area contributed by atoms with Gasteiger partial charge in [0.2, 0.25) is 5.91 Å². The Morgan fingerprint density at radius 2 is 1.62 bits per heavy atom. The normalized spacial score (nSPS) is 25.4. The highest BCUT2D eigenvalue weighted by Crippen LogP contribution is 2.39. The van der Waals surface area contributed by atoms with E-state index in [-0.39, 0.29) is 19.1 Å². The summed E-state index contributed by atoms with van der Waals surface area (Å²) in [4.78, 5) is 42.4. The molecule has 34 heavy (non-hydrogen) atoms. The SMILES string of the molecule is COc1ccc(CN2C(=O)[C@@H](N3C(=O)c4ccccc4C3=O)[C@H]2C2COC(C)(C)O2)cc1OC. The molecule has 0 aromatic heterocycles. The third-order valence-electron chi connectivity index (χ3n) is 6.54. The van der Waals surface area contributed by atoms with E-state index in [1.165, 1.54) is 0 Å². The molecular formula is C25H26N2O7. The van der Waals surface area contributed by atoms with Crippen LogP contribution in [0.1, 0.15) is 40.1 Å². The molecule has 3 heterocycles. The number of β-lactam (4-membered cyclic amide) rings is 1. The van der Waals surface area contributed by atoms with Gasteiger partial charge in [-0.3, -0.25) is 19.3 Å². The van der Waals surface area contributed by atoms with Crippen molar-refractivity contribution in [3.05, 3.63) is 59.2 Å². The molecule has 2 aromatic carbocycles. The van der Waals surface area contributed by atoms with Crippen molar-refractivity contribution in [2.24, 2.45) is 0 Å². The minimum absolute atomic E-state index is 0.243. The predicted molar refractivity (Wildman–Crippen MR) is 120 cm³/mol. The lowest BCUT2D eigenvalue weighted by atomic mass is 9.88. The Hall–Kier alpha value is -3.43. The van der Waals surface area contributed by atoms with Gasteiger partial charge in [0.25, 0.3) is 11.8 Å². The van der Waals surface area contributed by atoms with Crippen LogP contribution in [0.4, 0.5) is 0 Å². The van der Waals surface area contributed by atoms with Crippen LogP contribution in [0.2, 0.25) is 0 Å². The van der Waals surface area contributed by atoms with E-state index in [2.05, 4.69) is 0 Å². The number of amides is 3. The molecule has 2 saturated heterocycles. The van der Waals surface area contributed by atoms with Gasteiger partial charge in [-0.2, -0.15) is 0 Å². The molecule has 9 heteroatoms. The number of hydrogen-bond acceptors (Lipinski definition) is 7. The van der Waals surface area contributed by atoms with Crippen molar-refractivity contribution in [3.63, 3.8) is 0 Å². The molecule has 1 unspecified atom stereocenters. The molecule has 5 rings (SSSR count). The molecule has 0 N–H and O–H groups in total. The number of fused-ring (bicyclic) bond motifs is 1. The molecule has 2 aromatic rings. The van der Waals surface area contributed by atoms with Gasteiger partial charge in [-0.05, 0) is 43.7 Å². The molecule has 3 aliphatic rings. The summed E-state index contributed by atoms with van der Waals surface area (Å²) in [6.45, 7) is 4.09. The number of imide groups is 1. The molecule has 9 nitrogen and oxygen atoms in total. The van der Waals surface area contributed by atoms with E-state index in [4.69, 9.17) is 18.9 Å². The van der Waals surface area contributed by atoms with E-state index in [0.29, 0.717) is 22.6 Å². The van der Waals surface area contributed by atoms with Crippen LogP contribution in [-0.2, 0) is 20.8 Å². The van der Waals surface area contributed by atoms with E-state index >= 15 is 0 Å². The first-order chi connectivity index (χ1) is 16.3. The molecule has 0 spiro atoms. The highest BCUT2D eigenvalue weighted by molar-refractivity contribution is 6.23. The summed E-state index contributed by atoms with van der Waals surface area (Å²) in [6, 6.07) is 10.5. The van der Waals surface area contributed by atoms with Gasteiger partial charge in [0, 0.05) is 6.54 Å². The Morgan fingerprint density at radius 1 is 0.971 bits per heavy atom. The fourth-order valence-electron chi connectivity index (χ4n) is 4.92. The van der Waals surface area contributed by atoms with Gasteiger partial charge in [-0.15, -0.1) is 0 Å². The Kier molecular flexibility index (Phi) is 5.33. The van der Waals surface area contributed by atoms with Gasteiger partial charge >= 0.3 is 0 Å². The Balaban J connectivity index is 1.46. The number of methoxy groups -OCH3 is 2. The third kappa shape index (κ3) is 3.43. The molecule has 178 valence electrons. The number of benzene rings is 2. The van der Waals surface area contributed by atoms with Crippen LogP contribution < -0.4 is 9.47 Å². The number of likely N-dealkylation sites (tertiary alicyclic amines) is 1. The Morgan fingerprint density at radius 3 is 2.18 bits per heavy atom. The first-order valence-corrected chi connectivity index (χ1v) is 11.1. The Labute approximate surface area is 197 Å². The summed E-state index contributed by atoms with van der Waals surface area (Å²) in [5.74, 6) is -0.951. The second-order valence-corrected chi connectivity index (χ2v) is 8.98. The lowest BCUT2D eigenvalue weighted by molar-refractivity contribution is -0.179. The molecule has 0 aliphatic carbocycles. The van der Waals surface area contributed by atoms with Crippen LogP contribution in [-0.4, -0.2) is 72.3 Å². The molecule has 3 amide bonds. The molecule has 2 fully saturated rings. The van der Waals surface area contributed by atoms with E-state index < -0.39 is 35.8 Å². The second-order valence-electron chi connectivity index (χ2n) is 8.98. The smallest absolute Gasteiger partial charge is 0.262 e. The summed E-state index contributed by atoms with van der Waals surface area (Å²) in [5.41, 5.74) is 1.43. The van der Waals surface area contributed by atoms with Crippen LogP contribution in [0.3, 0.4) is 0 Å². The first-order valence-electron chi connectivity index (χ1n) is 11.1. The number of hydrogen-bond donors (Lipinski definition) is 0. The zero-order valence-corrected chi connectivity index (χ0v) is 19.4. The summed E-state index contributed by atoms with van der Waals surface area (Å²) in [6.07, 6.45) is -0.498. The van der Waals surface area contributed by atoms with Crippen molar-refractivity contribution in [2.45, 2.75) is 44.4 Å². The lowest BCUT2D eigenvalue weighted by Gasteiger charge is -2.51. The number of ether oxygens (including phenoxy) is 4. The molecule has 0 radical (unpaired) electrons. The van der Waals surface area contributed by atoms with Crippen molar-refractivity contribution in [1.29, 1.82) is 0 Å². The van der Waals surface area contributed by atoms with Crippen LogP contribution in [0.15, 0.2) is 42.5 Å². The van der Waals surface area contributed by atoms with Crippen LogP contribution in [0.5, 0.6) is 11.5 Å². The van der Waals surface area contributed by atoms with Crippen LogP contribution >= 0.6 is 0 Å². The topological polar surface area (TPSA) is 94.6 Å². The lowest BCUT2D eigenvalue weighted by Crippen LogP contribution is -2.74. The Bertz CT molecular complexity index is 1140. The number of nitrogens with zero attached hydrogens (tertiary/aromatic N) is 2. The van der Waals surface area contributed by atoms with Gasteiger partial charge in [0.15, 0.2) is 17.3 Å². The van der Waals surface area contributed by atoms with Crippen LogP contribution in [0, 0.1) is 0 Å². The maximum atomic E-state index is 13.4. The zero-order chi connectivity index (χ0) is 24.2. The third-order valence-corrected chi connectivity index (χ3v) is 6.54. The van der Waals surface area contributed by atoms with Crippen molar-refractivity contribution < 1.29 is 33.3 Å². The second kappa shape index (κ2) is 8.11. The predicted octanol–water partition coefficient (Wildman–Crippen LogP) is 2.23. The van der Waals surface area contributed by atoms with Gasteiger partial charge < -0.3 is 23.8 Å². The van der Waals surface area contributed by atoms with E-state index in [0.717, 1.165) is 10.5 Å². The van der Waals surface area contributed by atoms with Crippen molar-refractivity contribution in [3.8, 4) is 11.5 Å². The maximum absolute atomic E-state index is 13.4. The minimum atomic E-state index is -0.963. The van der Waals surface area contributed by atoms with Gasteiger partial charge in [-0.25, -0.2) is 0 Å². The highest BCUT2D eigenvalue weighted by Gasteiger charge is 2.60. The minimum Gasteiger partial charge on any atom is -0.493 e. The van der Waals surface area contributed by atoms with Gasteiger partial charge in [0.1, 0.15) is 12.1 Å². The van der Waals surface area contributed by atoms with Crippen molar-refractivity contribution >= 4 is 17.7 Å². The standard InChI is InChI=1S/C25H26N2O7/c1-25(2)33-13-19(34-25)20-21(27-22(28)15-7-5-6-8-16(15)23(27)29)24(30)26(20)12-14-9-10-17(31-3)18(11-14)32-4/h5-11,19-21H,12-13H2,1-4H3/t19?,20-,21+/m1/s1. The molecule has 0 saturated carbocycles. The largest absolute Gasteiger partial charge is 0.493 e. The summed E-state index contributed by atoms with van der Waals surface area (Å²) >= 11 is 0. The zero-order valence-electron chi connectivity index (χ0n) is 19.4. The number of rotatable bonds is 6. The summed E-state index contributed by atoms with van der Waals surface area (Å²) < 4.78 is 22.5. The first kappa shape index (κ1) is 22.4. The summed E-state index contributed by atoms with van der Waals surface area (Å²) in [7, 11) is 3.10. The monoisotopic (exact) mass is 466 g/mol. The summed E-state index contributed by atoms with van der Waals surface area (Å²) in [5, 5.41) is 0. The van der Waals surface area contributed by atoms with E-state index in [9.17, 15) is 14.4 Å².